The van der Waals surface area contributed by atoms with Crippen LogP contribution in [0.5, 0.6) is 11.5 Å². The Morgan fingerprint density at radius 2 is 2.21 bits per heavy atom. The highest BCUT2D eigenvalue weighted by molar-refractivity contribution is 9.10. The Labute approximate surface area is 118 Å². The zero-order valence-electron chi connectivity index (χ0n) is 10.4. The topological polar surface area (TPSA) is 55.8 Å². The number of benzene rings is 1. The van der Waals surface area contributed by atoms with E-state index in [1.165, 1.54) is 13.0 Å². The summed E-state index contributed by atoms with van der Waals surface area (Å²) in [4.78, 5) is 10.9. The van der Waals surface area contributed by atoms with Crippen molar-refractivity contribution in [2.45, 2.75) is 19.8 Å². The van der Waals surface area contributed by atoms with E-state index in [0.717, 1.165) is 0 Å². The number of rotatable bonds is 3. The molecule has 0 fully saturated rings. The molecule has 6 heteroatoms. The zero-order chi connectivity index (χ0) is 14.0. The summed E-state index contributed by atoms with van der Waals surface area (Å²) in [5.41, 5.74) is 0.251. The van der Waals surface area contributed by atoms with Gasteiger partial charge in [0.2, 0.25) is 0 Å². The maximum absolute atomic E-state index is 14.2. The molecule has 4 nitrogen and oxygen atoms in total. The minimum atomic E-state index is -0.970. The van der Waals surface area contributed by atoms with Gasteiger partial charge in [-0.1, -0.05) is 6.92 Å². The van der Waals surface area contributed by atoms with E-state index in [1.54, 1.807) is 0 Å². The number of hydrogen-bond donors (Lipinski definition) is 1. The van der Waals surface area contributed by atoms with E-state index in [2.05, 4.69) is 15.9 Å². The van der Waals surface area contributed by atoms with Crippen LogP contribution in [-0.2, 0) is 11.2 Å². The second kappa shape index (κ2) is 5.77. The summed E-state index contributed by atoms with van der Waals surface area (Å²) in [6.07, 6.45) is 0.772. The van der Waals surface area contributed by atoms with Crippen molar-refractivity contribution in [3.8, 4) is 11.5 Å². The number of aliphatic carboxylic acids is 1. The summed E-state index contributed by atoms with van der Waals surface area (Å²) in [6, 6.07) is 1.52. The van der Waals surface area contributed by atoms with E-state index in [-0.39, 0.29) is 16.5 Å². The van der Waals surface area contributed by atoms with Gasteiger partial charge in [-0.15, -0.1) is 0 Å². The van der Waals surface area contributed by atoms with Crippen molar-refractivity contribution >= 4 is 21.9 Å². The second-order valence-electron chi connectivity index (χ2n) is 4.47. The molecule has 1 aliphatic rings. The van der Waals surface area contributed by atoms with Crippen molar-refractivity contribution in [2.24, 2.45) is 5.92 Å². The largest absolute Gasteiger partial charge is 0.490 e. The third-order valence-corrected chi connectivity index (χ3v) is 3.53. The monoisotopic (exact) mass is 332 g/mol. The minimum absolute atomic E-state index is 0.0618. The molecule has 1 aromatic carbocycles. The lowest BCUT2D eigenvalue weighted by molar-refractivity contribution is -0.141. The molecule has 0 aliphatic carbocycles. The number of ether oxygens (including phenoxy) is 2. The summed E-state index contributed by atoms with van der Waals surface area (Å²) in [5.74, 6) is -1.37. The average molecular weight is 333 g/mol. The Kier molecular flexibility index (Phi) is 4.29. The fraction of sp³-hybridized carbons (Fsp3) is 0.462. The predicted octanol–water partition coefficient (Wildman–Crippen LogP) is 3.01. The maximum atomic E-state index is 14.2. The zero-order valence-corrected chi connectivity index (χ0v) is 12.0. The molecule has 0 aromatic heterocycles. The molecule has 1 aromatic rings. The van der Waals surface area contributed by atoms with Crippen LogP contribution in [0.15, 0.2) is 10.5 Å². The number of hydrogen-bond acceptors (Lipinski definition) is 3. The van der Waals surface area contributed by atoms with Crippen LogP contribution in [0.1, 0.15) is 18.9 Å². The van der Waals surface area contributed by atoms with Crippen LogP contribution in [0.2, 0.25) is 0 Å². The van der Waals surface area contributed by atoms with Crippen molar-refractivity contribution < 1.29 is 23.8 Å². The highest BCUT2D eigenvalue weighted by Crippen LogP contribution is 2.40. The Balaban J connectivity index is 2.45. The molecule has 1 N–H and O–H groups in total. The van der Waals surface area contributed by atoms with Crippen LogP contribution in [0.3, 0.4) is 0 Å². The standard InChI is InChI=1S/C13H14BrFO4/c1-7(13(16)17)5-8-11(15)9(14)6-10-12(8)19-4-2-3-18-10/h6-7H,2-5H2,1H3,(H,16,17). The third-order valence-electron chi connectivity index (χ3n) is 2.95. The van der Waals surface area contributed by atoms with E-state index < -0.39 is 17.7 Å². The van der Waals surface area contributed by atoms with Crippen molar-refractivity contribution in [2.75, 3.05) is 13.2 Å². The fourth-order valence-corrected chi connectivity index (χ4v) is 2.34. The van der Waals surface area contributed by atoms with Gasteiger partial charge < -0.3 is 14.6 Å². The van der Waals surface area contributed by atoms with Gasteiger partial charge in [0.1, 0.15) is 5.82 Å². The summed E-state index contributed by atoms with van der Waals surface area (Å²) in [6.45, 7) is 2.47. The van der Waals surface area contributed by atoms with E-state index in [1.807, 2.05) is 0 Å². The highest BCUT2D eigenvalue weighted by Gasteiger charge is 2.24. The van der Waals surface area contributed by atoms with E-state index in [9.17, 15) is 9.18 Å². The number of carboxylic acid groups (broad SMARTS) is 1. The normalized spacial score (nSPS) is 15.7. The molecule has 0 saturated heterocycles. The summed E-state index contributed by atoms with van der Waals surface area (Å²) >= 11 is 3.12. The highest BCUT2D eigenvalue weighted by atomic mass is 79.9. The van der Waals surface area contributed by atoms with Gasteiger partial charge in [0, 0.05) is 18.1 Å². The van der Waals surface area contributed by atoms with Crippen LogP contribution in [-0.4, -0.2) is 24.3 Å². The smallest absolute Gasteiger partial charge is 0.306 e. The Bertz CT molecular complexity index is 504. The summed E-state index contributed by atoms with van der Waals surface area (Å²) in [5, 5.41) is 8.96. The first-order valence-corrected chi connectivity index (χ1v) is 6.79. The molecule has 0 saturated carbocycles. The van der Waals surface area contributed by atoms with Crippen molar-refractivity contribution in [1.29, 1.82) is 0 Å². The van der Waals surface area contributed by atoms with E-state index >= 15 is 0 Å². The van der Waals surface area contributed by atoms with Crippen molar-refractivity contribution in [3.63, 3.8) is 0 Å². The quantitative estimate of drug-likeness (QED) is 0.924. The third kappa shape index (κ3) is 3.00. The average Bonchev–Trinajstić information content (AvgIpc) is 2.59. The van der Waals surface area contributed by atoms with Gasteiger partial charge in [0.15, 0.2) is 11.5 Å². The Morgan fingerprint density at radius 3 is 2.89 bits per heavy atom. The van der Waals surface area contributed by atoms with Gasteiger partial charge in [-0.3, -0.25) is 4.79 Å². The van der Waals surface area contributed by atoms with Gasteiger partial charge in [-0.2, -0.15) is 0 Å². The Morgan fingerprint density at radius 1 is 1.53 bits per heavy atom. The predicted molar refractivity (Wildman–Crippen MR) is 70.2 cm³/mol. The molecular formula is C13H14BrFO4. The van der Waals surface area contributed by atoms with Gasteiger partial charge >= 0.3 is 5.97 Å². The number of halogens is 2. The molecule has 104 valence electrons. The van der Waals surface area contributed by atoms with E-state index in [0.29, 0.717) is 31.1 Å². The van der Waals surface area contributed by atoms with Gasteiger partial charge in [0.25, 0.3) is 0 Å². The molecule has 2 rings (SSSR count). The molecular weight excluding hydrogens is 319 g/mol. The van der Waals surface area contributed by atoms with Gasteiger partial charge in [-0.25, -0.2) is 4.39 Å². The van der Waals surface area contributed by atoms with Crippen molar-refractivity contribution in [1.82, 2.24) is 0 Å². The van der Waals surface area contributed by atoms with Crippen LogP contribution in [0, 0.1) is 11.7 Å². The molecule has 1 atom stereocenters. The molecule has 0 radical (unpaired) electrons. The number of carboxylic acids is 1. The molecule has 1 heterocycles. The fourth-order valence-electron chi connectivity index (χ4n) is 1.89. The molecule has 19 heavy (non-hydrogen) atoms. The number of fused-ring (bicyclic) bond motifs is 1. The molecule has 1 aliphatic heterocycles. The van der Waals surface area contributed by atoms with Crippen LogP contribution in [0.4, 0.5) is 4.39 Å². The first-order valence-electron chi connectivity index (χ1n) is 6.00. The first-order chi connectivity index (χ1) is 9.00. The van der Waals surface area contributed by atoms with E-state index in [4.69, 9.17) is 14.6 Å². The molecule has 0 spiro atoms. The maximum Gasteiger partial charge on any atom is 0.306 e. The molecule has 1 unspecified atom stereocenters. The van der Waals surface area contributed by atoms with Crippen LogP contribution in [0.25, 0.3) is 0 Å². The summed E-state index contributed by atoms with van der Waals surface area (Å²) in [7, 11) is 0. The SMILES string of the molecule is CC(Cc1c(F)c(Br)cc2c1OCCCO2)C(=O)O. The summed E-state index contributed by atoms with van der Waals surface area (Å²) < 4.78 is 25.4. The molecule has 0 bridgehead atoms. The first kappa shape index (κ1) is 14.1. The van der Waals surface area contributed by atoms with Crippen LogP contribution < -0.4 is 9.47 Å². The lowest BCUT2D eigenvalue weighted by Gasteiger charge is -2.16. The number of carbonyl (C=O) groups is 1. The Hall–Kier alpha value is -1.30. The second-order valence-corrected chi connectivity index (χ2v) is 5.33. The minimum Gasteiger partial charge on any atom is -0.490 e. The van der Waals surface area contributed by atoms with Crippen LogP contribution >= 0.6 is 15.9 Å². The van der Waals surface area contributed by atoms with Gasteiger partial charge in [-0.05, 0) is 22.4 Å². The lowest BCUT2D eigenvalue weighted by atomic mass is 9.99. The lowest BCUT2D eigenvalue weighted by Crippen LogP contribution is -2.14. The van der Waals surface area contributed by atoms with Gasteiger partial charge in [0.05, 0.1) is 23.6 Å². The molecule has 0 amide bonds. The van der Waals surface area contributed by atoms with Crippen molar-refractivity contribution in [3.05, 3.63) is 21.9 Å².